The van der Waals surface area contributed by atoms with Crippen molar-refractivity contribution in [1.29, 1.82) is 0 Å². The van der Waals surface area contributed by atoms with Crippen LogP contribution in [0.3, 0.4) is 0 Å². The molecule has 0 saturated carbocycles. The van der Waals surface area contributed by atoms with Crippen LogP contribution < -0.4 is 5.32 Å². The molecule has 0 unspecified atom stereocenters. The maximum Gasteiger partial charge on any atom is 0.244 e. The molecule has 6 heteroatoms. The zero-order chi connectivity index (χ0) is 14.8. The van der Waals surface area contributed by atoms with Gasteiger partial charge in [0.2, 0.25) is 10.0 Å². The molecule has 20 heavy (non-hydrogen) atoms. The predicted octanol–water partition coefficient (Wildman–Crippen LogP) is 2.38. The number of hydrogen-bond acceptors (Lipinski definition) is 3. The number of halogens is 1. The number of piperidine rings is 1. The Morgan fingerprint density at radius 2 is 2.00 bits per heavy atom. The van der Waals surface area contributed by atoms with Gasteiger partial charge in [0, 0.05) is 17.6 Å². The van der Waals surface area contributed by atoms with Gasteiger partial charge in [0.05, 0.1) is 4.90 Å². The summed E-state index contributed by atoms with van der Waals surface area (Å²) < 4.78 is 27.7. The van der Waals surface area contributed by atoms with Gasteiger partial charge < -0.3 is 5.32 Å². The minimum atomic E-state index is -3.39. The van der Waals surface area contributed by atoms with Crippen LogP contribution in [0.25, 0.3) is 0 Å². The van der Waals surface area contributed by atoms with Crippen LogP contribution >= 0.6 is 15.9 Å². The molecule has 1 aliphatic rings. The monoisotopic (exact) mass is 360 g/mol. The van der Waals surface area contributed by atoms with Crippen molar-refractivity contribution in [2.45, 2.75) is 24.7 Å². The molecule has 1 fully saturated rings. The first-order chi connectivity index (χ1) is 9.45. The van der Waals surface area contributed by atoms with Gasteiger partial charge in [0.25, 0.3) is 0 Å². The predicted molar refractivity (Wildman–Crippen MR) is 84.3 cm³/mol. The largest absolute Gasteiger partial charge is 0.319 e. The minimum Gasteiger partial charge on any atom is -0.319 e. The maximum absolute atomic E-state index is 12.7. The standard InChI is InChI=1S/C14H21BrN2O2S/c1-11-3-4-13(15)14(9-11)20(18,19)17-7-5-12(6-8-17)10-16-2/h3-4,9,12,16H,5-8,10H2,1-2H3. The lowest BCUT2D eigenvalue weighted by atomic mass is 9.98. The number of aryl methyl sites for hydroxylation is 1. The molecule has 0 radical (unpaired) electrons. The molecular formula is C14H21BrN2O2S. The summed E-state index contributed by atoms with van der Waals surface area (Å²) in [5.74, 6) is 0.576. The number of benzene rings is 1. The van der Waals surface area contributed by atoms with Gasteiger partial charge in [0.1, 0.15) is 0 Å². The van der Waals surface area contributed by atoms with Gasteiger partial charge >= 0.3 is 0 Å². The number of nitrogens with zero attached hydrogens (tertiary/aromatic N) is 1. The van der Waals surface area contributed by atoms with Crippen LogP contribution in [0.15, 0.2) is 27.6 Å². The molecule has 1 heterocycles. The first kappa shape index (κ1) is 15.9. The quantitative estimate of drug-likeness (QED) is 0.896. The van der Waals surface area contributed by atoms with E-state index in [1.54, 1.807) is 16.4 Å². The molecule has 0 aliphatic carbocycles. The lowest BCUT2D eigenvalue weighted by Gasteiger charge is -2.31. The van der Waals surface area contributed by atoms with Gasteiger partial charge in [-0.05, 0) is 72.9 Å². The first-order valence-corrected chi connectivity index (χ1v) is 9.09. The summed E-state index contributed by atoms with van der Waals surface area (Å²) in [7, 11) is -1.45. The van der Waals surface area contributed by atoms with Gasteiger partial charge in [-0.1, -0.05) is 6.07 Å². The molecule has 0 atom stereocenters. The highest BCUT2D eigenvalue weighted by Crippen LogP contribution is 2.29. The highest BCUT2D eigenvalue weighted by Gasteiger charge is 2.30. The lowest BCUT2D eigenvalue weighted by molar-refractivity contribution is 0.270. The van der Waals surface area contributed by atoms with Crippen molar-refractivity contribution in [1.82, 2.24) is 9.62 Å². The average molecular weight is 361 g/mol. The summed E-state index contributed by atoms with van der Waals surface area (Å²) in [6, 6.07) is 5.44. The molecule has 0 aromatic heterocycles. The molecule has 2 rings (SSSR count). The third-order valence-corrected chi connectivity index (χ3v) is 6.66. The fraction of sp³-hybridized carbons (Fsp3) is 0.571. The van der Waals surface area contributed by atoms with E-state index in [-0.39, 0.29) is 0 Å². The second-order valence-corrected chi connectivity index (χ2v) is 8.10. The van der Waals surface area contributed by atoms with Gasteiger partial charge in [-0.3, -0.25) is 0 Å². The SMILES string of the molecule is CNCC1CCN(S(=O)(=O)c2cc(C)ccc2Br)CC1. The van der Waals surface area contributed by atoms with E-state index in [0.717, 1.165) is 24.9 Å². The van der Waals surface area contributed by atoms with Crippen molar-refractivity contribution in [2.75, 3.05) is 26.7 Å². The summed E-state index contributed by atoms with van der Waals surface area (Å²) in [4.78, 5) is 0.379. The molecule has 1 aromatic rings. The Morgan fingerprint density at radius 1 is 1.35 bits per heavy atom. The Labute approximate surface area is 129 Å². The second-order valence-electron chi connectivity index (χ2n) is 5.34. The molecule has 0 bridgehead atoms. The smallest absolute Gasteiger partial charge is 0.244 e. The van der Waals surface area contributed by atoms with Crippen LogP contribution in [0, 0.1) is 12.8 Å². The summed E-state index contributed by atoms with van der Waals surface area (Å²) in [6.45, 7) is 4.08. The van der Waals surface area contributed by atoms with E-state index in [9.17, 15) is 8.42 Å². The Kier molecular flexibility index (Phi) is 5.23. The van der Waals surface area contributed by atoms with Crippen molar-refractivity contribution in [3.63, 3.8) is 0 Å². The summed E-state index contributed by atoms with van der Waals surface area (Å²) in [5.41, 5.74) is 0.955. The zero-order valence-corrected chi connectivity index (χ0v) is 14.3. The van der Waals surface area contributed by atoms with Crippen LogP contribution in [-0.2, 0) is 10.0 Å². The fourth-order valence-electron chi connectivity index (χ4n) is 2.59. The topological polar surface area (TPSA) is 49.4 Å². The van der Waals surface area contributed by atoms with Gasteiger partial charge in [-0.15, -0.1) is 0 Å². The van der Waals surface area contributed by atoms with Crippen LogP contribution in [-0.4, -0.2) is 39.4 Å². The van der Waals surface area contributed by atoms with E-state index in [2.05, 4.69) is 21.2 Å². The molecule has 4 nitrogen and oxygen atoms in total. The van der Waals surface area contributed by atoms with Gasteiger partial charge in [-0.2, -0.15) is 4.31 Å². The number of hydrogen-bond donors (Lipinski definition) is 1. The van der Waals surface area contributed by atoms with E-state index in [1.165, 1.54) is 0 Å². The van der Waals surface area contributed by atoms with E-state index >= 15 is 0 Å². The van der Waals surface area contributed by atoms with E-state index < -0.39 is 10.0 Å². The van der Waals surface area contributed by atoms with Crippen molar-refractivity contribution < 1.29 is 8.42 Å². The molecule has 1 aliphatic heterocycles. The third kappa shape index (κ3) is 3.42. The highest BCUT2D eigenvalue weighted by atomic mass is 79.9. The molecule has 1 aromatic carbocycles. The molecule has 0 spiro atoms. The van der Waals surface area contributed by atoms with Crippen molar-refractivity contribution in [2.24, 2.45) is 5.92 Å². The normalized spacial score (nSPS) is 18.4. The highest BCUT2D eigenvalue weighted by molar-refractivity contribution is 9.10. The minimum absolute atomic E-state index is 0.379. The summed E-state index contributed by atoms with van der Waals surface area (Å²) in [6.07, 6.45) is 1.84. The van der Waals surface area contributed by atoms with E-state index in [1.807, 2.05) is 20.0 Å². The zero-order valence-electron chi connectivity index (χ0n) is 11.9. The summed E-state index contributed by atoms with van der Waals surface area (Å²) >= 11 is 3.35. The van der Waals surface area contributed by atoms with Crippen LogP contribution in [0.4, 0.5) is 0 Å². The number of nitrogens with one attached hydrogen (secondary N) is 1. The maximum atomic E-state index is 12.7. The molecule has 112 valence electrons. The molecule has 1 saturated heterocycles. The van der Waals surface area contributed by atoms with Crippen molar-refractivity contribution in [3.05, 3.63) is 28.2 Å². The van der Waals surface area contributed by atoms with Crippen molar-refractivity contribution in [3.8, 4) is 0 Å². The van der Waals surface area contributed by atoms with Crippen LogP contribution in [0.2, 0.25) is 0 Å². The molecule has 0 amide bonds. The van der Waals surface area contributed by atoms with Crippen molar-refractivity contribution >= 4 is 26.0 Å². The van der Waals surface area contributed by atoms with E-state index in [4.69, 9.17) is 0 Å². The van der Waals surface area contributed by atoms with Crippen LogP contribution in [0.1, 0.15) is 18.4 Å². The summed E-state index contributed by atoms with van der Waals surface area (Å²) in [5, 5.41) is 3.16. The third-order valence-electron chi connectivity index (χ3n) is 3.77. The Morgan fingerprint density at radius 3 is 2.60 bits per heavy atom. The fourth-order valence-corrected chi connectivity index (χ4v) is 5.07. The van der Waals surface area contributed by atoms with Gasteiger partial charge in [0.15, 0.2) is 0 Å². The van der Waals surface area contributed by atoms with E-state index in [0.29, 0.717) is 28.4 Å². The first-order valence-electron chi connectivity index (χ1n) is 6.86. The Hall–Kier alpha value is -0.430. The number of sulfonamides is 1. The number of rotatable bonds is 4. The lowest BCUT2D eigenvalue weighted by Crippen LogP contribution is -2.40. The van der Waals surface area contributed by atoms with Crippen LogP contribution in [0.5, 0.6) is 0 Å². The molecule has 1 N–H and O–H groups in total. The second kappa shape index (κ2) is 6.56. The average Bonchev–Trinajstić information content (AvgIpc) is 2.42. The molecular weight excluding hydrogens is 340 g/mol. The Bertz CT molecular complexity index is 567. The van der Waals surface area contributed by atoms with Gasteiger partial charge in [-0.25, -0.2) is 8.42 Å². The Balaban J connectivity index is 2.18.